The Bertz CT molecular complexity index is 682. The number of benzene rings is 2. The molecule has 0 spiro atoms. The Labute approximate surface area is 149 Å². The first kappa shape index (κ1) is 17.4. The second-order valence-corrected chi connectivity index (χ2v) is 6.36. The summed E-state index contributed by atoms with van der Waals surface area (Å²) in [4.78, 5) is 14.7. The average molecular weight is 335 g/mol. The van der Waals surface area contributed by atoms with Crippen molar-refractivity contribution in [1.82, 2.24) is 4.90 Å². The lowest BCUT2D eigenvalue weighted by Gasteiger charge is -2.36. The number of amides is 1. The summed E-state index contributed by atoms with van der Waals surface area (Å²) in [5, 5.41) is 0. The molecule has 1 saturated heterocycles. The fourth-order valence-electron chi connectivity index (χ4n) is 3.17. The highest BCUT2D eigenvalue weighted by atomic mass is 16.5. The van der Waals surface area contributed by atoms with Gasteiger partial charge in [0.1, 0.15) is 0 Å². The molecule has 3 rings (SSSR count). The summed E-state index contributed by atoms with van der Waals surface area (Å²) in [6.07, 6.45) is 6.33. The molecule has 2 aromatic carbocycles. The first-order valence-electron chi connectivity index (χ1n) is 8.95. The number of allylic oxidation sites excluding steroid dienone is 1. The van der Waals surface area contributed by atoms with Gasteiger partial charge in [-0.2, -0.15) is 0 Å². The maximum Gasteiger partial charge on any atom is 0.223 e. The lowest BCUT2D eigenvalue weighted by Crippen LogP contribution is -2.49. The minimum absolute atomic E-state index is 0.141. The third kappa shape index (κ3) is 5.30. The highest BCUT2D eigenvalue weighted by Gasteiger charge is 2.26. The predicted octanol–water partition coefficient (Wildman–Crippen LogP) is 3.95. The summed E-state index contributed by atoms with van der Waals surface area (Å²) in [6.45, 7) is 1.95. The molecule has 0 aliphatic carbocycles. The summed E-state index contributed by atoms with van der Waals surface area (Å²) in [7, 11) is 0. The zero-order valence-corrected chi connectivity index (χ0v) is 14.5. The molecule has 0 N–H and O–H groups in total. The largest absolute Gasteiger partial charge is 0.377 e. The van der Waals surface area contributed by atoms with E-state index < -0.39 is 0 Å². The molecule has 3 nitrogen and oxygen atoms in total. The van der Waals surface area contributed by atoms with Gasteiger partial charge in [-0.05, 0) is 24.0 Å². The Morgan fingerprint density at radius 3 is 2.56 bits per heavy atom. The Kier molecular flexibility index (Phi) is 6.41. The van der Waals surface area contributed by atoms with Gasteiger partial charge in [0.05, 0.1) is 19.3 Å². The molecule has 3 heteroatoms. The summed E-state index contributed by atoms with van der Waals surface area (Å²) in [5.41, 5.74) is 2.42. The van der Waals surface area contributed by atoms with Crippen molar-refractivity contribution in [2.24, 2.45) is 0 Å². The maximum atomic E-state index is 12.6. The first-order valence-corrected chi connectivity index (χ1v) is 8.95. The number of rotatable bonds is 6. The van der Waals surface area contributed by atoms with Gasteiger partial charge in [0.2, 0.25) is 5.91 Å². The van der Waals surface area contributed by atoms with Gasteiger partial charge in [-0.3, -0.25) is 4.79 Å². The molecule has 0 bridgehead atoms. The standard InChI is InChI=1S/C22H25NO2/c24-22(14-8-7-11-19-9-3-1-4-10-19)23-15-16-25-18-21(23)17-20-12-5-2-6-13-20/h1-7,9-13,21H,8,14-18H2. The van der Waals surface area contributed by atoms with Gasteiger partial charge in [-0.15, -0.1) is 0 Å². The zero-order valence-electron chi connectivity index (χ0n) is 14.5. The van der Waals surface area contributed by atoms with Crippen molar-refractivity contribution in [2.75, 3.05) is 19.8 Å². The fraction of sp³-hybridized carbons (Fsp3) is 0.318. The molecule has 2 aromatic rings. The monoisotopic (exact) mass is 335 g/mol. The van der Waals surface area contributed by atoms with Crippen LogP contribution in [0.3, 0.4) is 0 Å². The minimum Gasteiger partial charge on any atom is -0.377 e. The SMILES string of the molecule is O=C(CCC=Cc1ccccc1)N1CCOCC1Cc1ccccc1. The van der Waals surface area contributed by atoms with Gasteiger partial charge in [0, 0.05) is 13.0 Å². The number of ether oxygens (including phenoxy) is 1. The van der Waals surface area contributed by atoms with Crippen LogP contribution >= 0.6 is 0 Å². The molecule has 1 amide bonds. The number of carbonyl (C=O) groups excluding carboxylic acids is 1. The topological polar surface area (TPSA) is 29.5 Å². The molecule has 1 aliphatic rings. The number of morpholine rings is 1. The zero-order chi connectivity index (χ0) is 17.3. The average Bonchev–Trinajstić information content (AvgIpc) is 2.67. The molecule has 1 fully saturated rings. The van der Waals surface area contributed by atoms with E-state index in [-0.39, 0.29) is 11.9 Å². The van der Waals surface area contributed by atoms with Crippen LogP contribution in [0.15, 0.2) is 66.7 Å². The van der Waals surface area contributed by atoms with Crippen molar-refractivity contribution in [3.8, 4) is 0 Å². The van der Waals surface area contributed by atoms with Crippen molar-refractivity contribution in [2.45, 2.75) is 25.3 Å². The van der Waals surface area contributed by atoms with Crippen LogP contribution in [0.5, 0.6) is 0 Å². The van der Waals surface area contributed by atoms with E-state index in [9.17, 15) is 4.79 Å². The lowest BCUT2D eigenvalue weighted by molar-refractivity contribution is -0.139. The van der Waals surface area contributed by atoms with E-state index in [4.69, 9.17) is 4.74 Å². The van der Waals surface area contributed by atoms with Crippen LogP contribution in [0.2, 0.25) is 0 Å². The lowest BCUT2D eigenvalue weighted by atomic mass is 10.0. The highest BCUT2D eigenvalue weighted by Crippen LogP contribution is 2.15. The molecule has 1 aliphatic heterocycles. The molecule has 0 radical (unpaired) electrons. The van der Waals surface area contributed by atoms with Crippen LogP contribution in [0.4, 0.5) is 0 Å². The second-order valence-electron chi connectivity index (χ2n) is 6.36. The Morgan fingerprint density at radius 1 is 1.08 bits per heavy atom. The van der Waals surface area contributed by atoms with Gasteiger partial charge in [-0.25, -0.2) is 0 Å². The predicted molar refractivity (Wildman–Crippen MR) is 101 cm³/mol. The van der Waals surface area contributed by atoms with Crippen LogP contribution < -0.4 is 0 Å². The van der Waals surface area contributed by atoms with Gasteiger partial charge in [-0.1, -0.05) is 72.8 Å². The third-order valence-electron chi connectivity index (χ3n) is 4.50. The number of hydrogen-bond donors (Lipinski definition) is 0. The second kappa shape index (κ2) is 9.19. The first-order chi connectivity index (χ1) is 12.3. The molecule has 0 aromatic heterocycles. The summed E-state index contributed by atoms with van der Waals surface area (Å²) >= 11 is 0. The van der Waals surface area contributed by atoms with Crippen LogP contribution in [-0.4, -0.2) is 36.6 Å². The third-order valence-corrected chi connectivity index (χ3v) is 4.50. The van der Waals surface area contributed by atoms with Gasteiger partial charge in [0.25, 0.3) is 0 Å². The van der Waals surface area contributed by atoms with Crippen molar-refractivity contribution >= 4 is 12.0 Å². The van der Waals surface area contributed by atoms with E-state index in [0.717, 1.165) is 12.8 Å². The Balaban J connectivity index is 1.53. The molecule has 1 unspecified atom stereocenters. The summed E-state index contributed by atoms with van der Waals surface area (Å²) in [5.74, 6) is 0.224. The normalized spacial score (nSPS) is 17.8. The van der Waals surface area contributed by atoms with E-state index in [0.29, 0.717) is 26.2 Å². The van der Waals surface area contributed by atoms with E-state index in [2.05, 4.69) is 36.4 Å². The van der Waals surface area contributed by atoms with Crippen molar-refractivity contribution in [1.29, 1.82) is 0 Å². The highest BCUT2D eigenvalue weighted by molar-refractivity contribution is 5.77. The Hall–Kier alpha value is -2.39. The van der Waals surface area contributed by atoms with Crippen LogP contribution in [0, 0.1) is 0 Å². The van der Waals surface area contributed by atoms with Gasteiger partial charge < -0.3 is 9.64 Å². The molecular formula is C22H25NO2. The molecule has 1 atom stereocenters. The summed E-state index contributed by atoms with van der Waals surface area (Å²) < 4.78 is 5.61. The van der Waals surface area contributed by atoms with Crippen LogP contribution in [0.25, 0.3) is 6.08 Å². The smallest absolute Gasteiger partial charge is 0.223 e. The van der Waals surface area contributed by atoms with E-state index in [1.54, 1.807) is 0 Å². The fourth-order valence-corrected chi connectivity index (χ4v) is 3.17. The Morgan fingerprint density at radius 2 is 1.80 bits per heavy atom. The molecule has 0 saturated carbocycles. The molecule has 25 heavy (non-hydrogen) atoms. The summed E-state index contributed by atoms with van der Waals surface area (Å²) in [6, 6.07) is 20.6. The van der Waals surface area contributed by atoms with Gasteiger partial charge >= 0.3 is 0 Å². The minimum atomic E-state index is 0.141. The van der Waals surface area contributed by atoms with Crippen LogP contribution in [-0.2, 0) is 16.0 Å². The van der Waals surface area contributed by atoms with Gasteiger partial charge in [0.15, 0.2) is 0 Å². The number of hydrogen-bond acceptors (Lipinski definition) is 2. The van der Waals surface area contributed by atoms with E-state index in [1.807, 2.05) is 41.3 Å². The van der Waals surface area contributed by atoms with Crippen molar-refractivity contribution < 1.29 is 9.53 Å². The number of carbonyl (C=O) groups is 1. The molecular weight excluding hydrogens is 310 g/mol. The van der Waals surface area contributed by atoms with Crippen molar-refractivity contribution in [3.05, 3.63) is 77.9 Å². The number of nitrogens with zero attached hydrogens (tertiary/aromatic N) is 1. The molecule has 1 heterocycles. The van der Waals surface area contributed by atoms with Crippen molar-refractivity contribution in [3.63, 3.8) is 0 Å². The van der Waals surface area contributed by atoms with Crippen LogP contribution in [0.1, 0.15) is 24.0 Å². The van der Waals surface area contributed by atoms with E-state index in [1.165, 1.54) is 11.1 Å². The van der Waals surface area contributed by atoms with E-state index >= 15 is 0 Å². The maximum absolute atomic E-state index is 12.6. The quantitative estimate of drug-likeness (QED) is 0.800. The molecule has 130 valence electrons.